The summed E-state index contributed by atoms with van der Waals surface area (Å²) in [5.41, 5.74) is 6.16. The maximum atomic E-state index is 6.16. The van der Waals surface area contributed by atoms with Gasteiger partial charge >= 0.3 is 0 Å². The number of hydrogen-bond acceptors (Lipinski definition) is 3. The predicted molar refractivity (Wildman–Crippen MR) is 68.8 cm³/mol. The number of ether oxygens (including phenoxy) is 1. The Bertz CT molecular complexity index is 317. The average molecular weight is 239 g/mol. The molecular formula is C13H21NOS. The van der Waals surface area contributed by atoms with Crippen LogP contribution in [0.3, 0.4) is 0 Å². The highest BCUT2D eigenvalue weighted by Gasteiger charge is 2.16. The van der Waals surface area contributed by atoms with Gasteiger partial charge in [0.1, 0.15) is 0 Å². The lowest BCUT2D eigenvalue weighted by Gasteiger charge is -2.12. The third kappa shape index (κ3) is 3.30. The molecule has 16 heavy (non-hydrogen) atoms. The van der Waals surface area contributed by atoms with Crippen LogP contribution in [0.15, 0.2) is 12.1 Å². The predicted octanol–water partition coefficient (Wildman–Crippen LogP) is 3.41. The number of rotatable bonds is 5. The molecule has 2 heterocycles. The summed E-state index contributed by atoms with van der Waals surface area (Å²) in [6.07, 6.45) is 6.44. The van der Waals surface area contributed by atoms with Crippen LogP contribution in [-0.4, -0.2) is 12.7 Å². The maximum Gasteiger partial charge on any atom is 0.0576 e. The number of nitrogens with two attached hydrogens (primary N) is 1. The van der Waals surface area contributed by atoms with E-state index in [0.29, 0.717) is 6.10 Å². The number of hydrogen-bond donors (Lipinski definition) is 1. The van der Waals surface area contributed by atoms with Gasteiger partial charge in [0.25, 0.3) is 0 Å². The zero-order chi connectivity index (χ0) is 11.4. The average Bonchev–Trinajstić information content (AvgIpc) is 2.89. The summed E-state index contributed by atoms with van der Waals surface area (Å²) in [4.78, 5) is 2.68. The normalized spacial score (nSPS) is 22.5. The standard InChI is InChI=1S/C13H21NOS/c1-10-7-8-13(16-10)12(14)6-2-4-11-5-3-9-15-11/h7-8,11-12H,2-6,9,14H2,1H3. The first-order valence-electron chi connectivity index (χ1n) is 6.19. The summed E-state index contributed by atoms with van der Waals surface area (Å²) in [5.74, 6) is 0. The fourth-order valence-electron chi connectivity index (χ4n) is 2.23. The topological polar surface area (TPSA) is 35.2 Å². The summed E-state index contributed by atoms with van der Waals surface area (Å²) in [7, 11) is 0. The molecule has 0 radical (unpaired) electrons. The van der Waals surface area contributed by atoms with Gasteiger partial charge in [-0.1, -0.05) is 0 Å². The van der Waals surface area contributed by atoms with E-state index in [1.807, 2.05) is 11.3 Å². The largest absolute Gasteiger partial charge is 0.378 e. The molecule has 1 fully saturated rings. The Morgan fingerprint density at radius 1 is 1.56 bits per heavy atom. The van der Waals surface area contributed by atoms with Crippen LogP contribution < -0.4 is 5.73 Å². The highest BCUT2D eigenvalue weighted by atomic mass is 32.1. The highest BCUT2D eigenvalue weighted by Crippen LogP contribution is 2.26. The van der Waals surface area contributed by atoms with Crippen LogP contribution in [0.1, 0.15) is 47.9 Å². The SMILES string of the molecule is Cc1ccc(C(N)CCCC2CCCO2)s1. The second-order valence-corrected chi connectivity index (χ2v) is 5.94. The molecule has 3 heteroatoms. The molecule has 0 amide bonds. The second kappa shape index (κ2) is 5.80. The first kappa shape index (κ1) is 12.1. The fourth-order valence-corrected chi connectivity index (χ4v) is 3.15. The lowest BCUT2D eigenvalue weighted by Crippen LogP contribution is -2.10. The summed E-state index contributed by atoms with van der Waals surface area (Å²) < 4.78 is 5.61. The van der Waals surface area contributed by atoms with Crippen LogP contribution in [0.4, 0.5) is 0 Å². The van der Waals surface area contributed by atoms with Gasteiger partial charge in [-0.3, -0.25) is 0 Å². The van der Waals surface area contributed by atoms with Crippen molar-refractivity contribution in [2.75, 3.05) is 6.61 Å². The first-order valence-corrected chi connectivity index (χ1v) is 7.01. The van der Waals surface area contributed by atoms with Crippen molar-refractivity contribution in [2.24, 2.45) is 5.73 Å². The van der Waals surface area contributed by atoms with E-state index in [2.05, 4.69) is 19.1 Å². The molecule has 90 valence electrons. The van der Waals surface area contributed by atoms with Crippen LogP contribution >= 0.6 is 11.3 Å². The second-order valence-electron chi connectivity index (χ2n) is 4.62. The smallest absolute Gasteiger partial charge is 0.0576 e. The molecule has 1 aliphatic heterocycles. The van der Waals surface area contributed by atoms with Gasteiger partial charge in [0.15, 0.2) is 0 Å². The van der Waals surface area contributed by atoms with E-state index < -0.39 is 0 Å². The van der Waals surface area contributed by atoms with E-state index in [1.165, 1.54) is 35.4 Å². The number of thiophene rings is 1. The van der Waals surface area contributed by atoms with E-state index >= 15 is 0 Å². The van der Waals surface area contributed by atoms with E-state index in [9.17, 15) is 0 Å². The Labute approximate surface area is 102 Å². The minimum atomic E-state index is 0.222. The monoisotopic (exact) mass is 239 g/mol. The molecule has 2 N–H and O–H groups in total. The Morgan fingerprint density at radius 3 is 3.06 bits per heavy atom. The van der Waals surface area contributed by atoms with Gasteiger partial charge in [-0.15, -0.1) is 11.3 Å². The summed E-state index contributed by atoms with van der Waals surface area (Å²) in [6, 6.07) is 4.54. The van der Waals surface area contributed by atoms with Crippen LogP contribution in [0.5, 0.6) is 0 Å². The van der Waals surface area contributed by atoms with Gasteiger partial charge in [0, 0.05) is 22.4 Å². The van der Waals surface area contributed by atoms with Crippen molar-refractivity contribution >= 4 is 11.3 Å². The minimum Gasteiger partial charge on any atom is -0.378 e. The highest BCUT2D eigenvalue weighted by molar-refractivity contribution is 7.12. The zero-order valence-corrected chi connectivity index (χ0v) is 10.8. The molecule has 1 aliphatic rings. The summed E-state index contributed by atoms with van der Waals surface area (Å²) in [5, 5.41) is 0. The Hall–Kier alpha value is -0.380. The maximum absolute atomic E-state index is 6.16. The molecule has 2 atom stereocenters. The molecule has 2 nitrogen and oxygen atoms in total. The molecule has 2 rings (SSSR count). The molecule has 0 aromatic carbocycles. The van der Waals surface area contributed by atoms with E-state index in [-0.39, 0.29) is 6.04 Å². The fraction of sp³-hybridized carbons (Fsp3) is 0.692. The van der Waals surface area contributed by atoms with Gasteiger partial charge < -0.3 is 10.5 Å². The van der Waals surface area contributed by atoms with Crippen molar-refractivity contribution in [2.45, 2.75) is 51.2 Å². The van der Waals surface area contributed by atoms with Crippen molar-refractivity contribution in [1.29, 1.82) is 0 Å². The van der Waals surface area contributed by atoms with Gasteiger partial charge in [0.2, 0.25) is 0 Å². The zero-order valence-electron chi connectivity index (χ0n) is 9.95. The van der Waals surface area contributed by atoms with Crippen molar-refractivity contribution in [3.63, 3.8) is 0 Å². The molecule has 0 saturated carbocycles. The van der Waals surface area contributed by atoms with Gasteiger partial charge in [-0.05, 0) is 51.2 Å². The third-order valence-electron chi connectivity index (χ3n) is 3.19. The molecule has 1 aromatic rings. The minimum absolute atomic E-state index is 0.222. The lowest BCUT2D eigenvalue weighted by atomic mass is 10.0. The molecule has 0 spiro atoms. The Kier molecular flexibility index (Phi) is 4.38. The molecule has 2 unspecified atom stereocenters. The van der Waals surface area contributed by atoms with Crippen LogP contribution in [0.25, 0.3) is 0 Å². The van der Waals surface area contributed by atoms with Crippen molar-refractivity contribution < 1.29 is 4.74 Å². The summed E-state index contributed by atoms with van der Waals surface area (Å²) >= 11 is 1.82. The molecular weight excluding hydrogens is 218 g/mol. The van der Waals surface area contributed by atoms with Crippen LogP contribution in [-0.2, 0) is 4.74 Å². The molecule has 1 saturated heterocycles. The first-order chi connectivity index (χ1) is 7.75. The summed E-state index contributed by atoms with van der Waals surface area (Å²) in [6.45, 7) is 3.09. The Morgan fingerprint density at radius 2 is 2.44 bits per heavy atom. The number of aryl methyl sites for hydroxylation is 1. The van der Waals surface area contributed by atoms with Crippen LogP contribution in [0.2, 0.25) is 0 Å². The van der Waals surface area contributed by atoms with Gasteiger partial charge in [0.05, 0.1) is 6.10 Å². The Balaban J connectivity index is 1.69. The molecule has 1 aromatic heterocycles. The van der Waals surface area contributed by atoms with Gasteiger partial charge in [-0.25, -0.2) is 0 Å². The molecule has 0 bridgehead atoms. The van der Waals surface area contributed by atoms with Crippen molar-refractivity contribution in [1.82, 2.24) is 0 Å². The van der Waals surface area contributed by atoms with Gasteiger partial charge in [-0.2, -0.15) is 0 Å². The lowest BCUT2D eigenvalue weighted by molar-refractivity contribution is 0.101. The molecule has 0 aliphatic carbocycles. The quantitative estimate of drug-likeness (QED) is 0.854. The third-order valence-corrected chi connectivity index (χ3v) is 4.32. The van der Waals surface area contributed by atoms with E-state index in [0.717, 1.165) is 13.0 Å². The van der Waals surface area contributed by atoms with E-state index in [1.54, 1.807) is 0 Å². The van der Waals surface area contributed by atoms with Crippen molar-refractivity contribution in [3.8, 4) is 0 Å². The van der Waals surface area contributed by atoms with Crippen molar-refractivity contribution in [3.05, 3.63) is 21.9 Å². The van der Waals surface area contributed by atoms with E-state index in [4.69, 9.17) is 10.5 Å². The van der Waals surface area contributed by atoms with Crippen LogP contribution in [0, 0.1) is 6.92 Å².